The summed E-state index contributed by atoms with van der Waals surface area (Å²) in [7, 11) is 3.97. The Kier molecular flexibility index (Phi) is 5.92. The molecule has 3 rings (SSSR count). The number of tetrazole rings is 1. The molecule has 0 spiro atoms. The molecule has 1 unspecified atom stereocenters. The van der Waals surface area contributed by atoms with Gasteiger partial charge < -0.3 is 14.8 Å². The van der Waals surface area contributed by atoms with Gasteiger partial charge in [0.1, 0.15) is 6.33 Å². The molecule has 3 aromatic rings. The summed E-state index contributed by atoms with van der Waals surface area (Å²) in [5.74, 6) is -0.0715. The zero-order valence-electron chi connectivity index (χ0n) is 15.8. The number of aromatic amines is 1. The van der Waals surface area contributed by atoms with Crippen molar-refractivity contribution >= 4 is 5.91 Å². The molecule has 0 saturated heterocycles. The highest BCUT2D eigenvalue weighted by Crippen LogP contribution is 2.21. The summed E-state index contributed by atoms with van der Waals surface area (Å²) in [5, 5.41) is 11.4. The lowest BCUT2D eigenvalue weighted by Gasteiger charge is -2.28. The van der Waals surface area contributed by atoms with Crippen LogP contribution in [0.1, 0.15) is 23.0 Å². The summed E-state index contributed by atoms with van der Waals surface area (Å²) in [6.45, 7) is 3.69. The first-order valence-electron chi connectivity index (χ1n) is 8.76. The molecule has 0 aliphatic heterocycles. The third kappa shape index (κ3) is 4.56. The number of benzene rings is 1. The van der Waals surface area contributed by atoms with Gasteiger partial charge in [-0.3, -0.25) is 4.79 Å². The molecule has 0 bridgehead atoms. The number of amides is 1. The Hall–Kier alpha value is -3.07. The highest BCUT2D eigenvalue weighted by Gasteiger charge is 2.29. The second kappa shape index (κ2) is 8.54. The Bertz CT molecular complexity index is 843. The van der Waals surface area contributed by atoms with E-state index in [9.17, 15) is 4.79 Å². The molecule has 0 radical (unpaired) electrons. The monoisotopic (exact) mass is 368 g/mol. The molecule has 1 atom stereocenters. The number of carbonyl (C=O) groups is 1. The number of carbonyl (C=O) groups excluding carboxylic acids is 1. The summed E-state index contributed by atoms with van der Waals surface area (Å²) < 4.78 is 1.50. The molecule has 2 aromatic heterocycles. The van der Waals surface area contributed by atoms with Crippen LogP contribution in [0.4, 0.5) is 0 Å². The van der Waals surface area contributed by atoms with Crippen molar-refractivity contribution in [3.63, 3.8) is 0 Å². The largest absolute Gasteiger partial charge is 0.348 e. The molecule has 1 aromatic carbocycles. The van der Waals surface area contributed by atoms with Crippen LogP contribution in [0.25, 0.3) is 0 Å². The quantitative estimate of drug-likeness (QED) is 0.634. The summed E-state index contributed by atoms with van der Waals surface area (Å²) in [5.41, 5.74) is 2.64. The topological polar surface area (TPSA) is 95.8 Å². The molecule has 0 aliphatic rings. The number of hydrogen-bond acceptors (Lipinski definition) is 6. The third-order valence-electron chi connectivity index (χ3n) is 4.38. The lowest BCUT2D eigenvalue weighted by molar-refractivity contribution is -0.134. The molecule has 27 heavy (non-hydrogen) atoms. The molecular formula is C18H24N8O. The van der Waals surface area contributed by atoms with Gasteiger partial charge in [0.05, 0.1) is 18.6 Å². The lowest BCUT2D eigenvalue weighted by atomic mass is 10.1. The fourth-order valence-corrected chi connectivity index (χ4v) is 2.82. The first-order chi connectivity index (χ1) is 13.1. The third-order valence-corrected chi connectivity index (χ3v) is 4.38. The van der Waals surface area contributed by atoms with Gasteiger partial charge in [-0.05, 0) is 37.0 Å². The normalized spacial score (nSPS) is 12.3. The van der Waals surface area contributed by atoms with E-state index in [-0.39, 0.29) is 5.91 Å². The van der Waals surface area contributed by atoms with Crippen molar-refractivity contribution in [1.29, 1.82) is 0 Å². The van der Waals surface area contributed by atoms with E-state index in [4.69, 9.17) is 0 Å². The van der Waals surface area contributed by atoms with E-state index in [2.05, 4.69) is 25.5 Å². The Balaban J connectivity index is 1.92. The highest BCUT2D eigenvalue weighted by atomic mass is 16.2. The minimum absolute atomic E-state index is 0.0715. The number of likely N-dealkylation sites (N-methyl/N-ethyl adjacent to an activating group) is 1. The van der Waals surface area contributed by atoms with Crippen LogP contribution >= 0.6 is 0 Å². The van der Waals surface area contributed by atoms with Crippen LogP contribution in [0.5, 0.6) is 0 Å². The fraction of sp³-hybridized carbons (Fsp3) is 0.389. The number of nitrogens with one attached hydrogen (secondary N) is 1. The number of hydrogen-bond donors (Lipinski definition) is 1. The number of rotatable bonds is 8. The first-order valence-corrected chi connectivity index (χ1v) is 8.76. The second-order valence-electron chi connectivity index (χ2n) is 6.64. The van der Waals surface area contributed by atoms with Gasteiger partial charge >= 0.3 is 0 Å². The first kappa shape index (κ1) is 18.7. The van der Waals surface area contributed by atoms with Crippen LogP contribution in [0.15, 0.2) is 43.0 Å². The molecule has 2 heterocycles. The fourth-order valence-electron chi connectivity index (χ4n) is 2.82. The zero-order chi connectivity index (χ0) is 19.2. The summed E-state index contributed by atoms with van der Waals surface area (Å²) >= 11 is 0. The van der Waals surface area contributed by atoms with Gasteiger partial charge in [-0.2, -0.15) is 0 Å². The smallest absolute Gasteiger partial charge is 0.252 e. The van der Waals surface area contributed by atoms with Crippen molar-refractivity contribution in [2.75, 3.05) is 27.2 Å². The Morgan fingerprint density at radius 2 is 2.00 bits per heavy atom. The Labute approximate surface area is 158 Å². The maximum Gasteiger partial charge on any atom is 0.252 e. The van der Waals surface area contributed by atoms with E-state index < -0.39 is 6.04 Å². The van der Waals surface area contributed by atoms with Crippen LogP contribution in [-0.4, -0.2) is 73.1 Å². The highest BCUT2D eigenvalue weighted by molar-refractivity contribution is 5.83. The number of H-pyrrole nitrogens is 1. The van der Waals surface area contributed by atoms with Crippen molar-refractivity contribution in [2.45, 2.75) is 19.5 Å². The van der Waals surface area contributed by atoms with E-state index in [0.717, 1.165) is 23.5 Å². The molecule has 1 N–H and O–H groups in total. The van der Waals surface area contributed by atoms with Crippen molar-refractivity contribution in [1.82, 2.24) is 40.0 Å². The molecule has 1 amide bonds. The standard InChI is InChI=1S/C18H24N8O/c1-14-16(20-12-19-14)11-25(10-9-24(2)3)18(27)17(26-13-21-22-23-26)15-7-5-4-6-8-15/h4-8,12-13,17H,9-11H2,1-3H3,(H,19,20). The van der Waals surface area contributed by atoms with Gasteiger partial charge in [-0.1, -0.05) is 30.3 Å². The molecule has 0 aliphatic carbocycles. The summed E-state index contributed by atoms with van der Waals surface area (Å²) in [4.78, 5) is 24.8. The molecule has 9 nitrogen and oxygen atoms in total. The van der Waals surface area contributed by atoms with Crippen LogP contribution in [0.3, 0.4) is 0 Å². The zero-order valence-corrected chi connectivity index (χ0v) is 15.8. The minimum atomic E-state index is -0.623. The Morgan fingerprint density at radius 1 is 1.22 bits per heavy atom. The van der Waals surface area contributed by atoms with Gasteiger partial charge in [0.25, 0.3) is 5.91 Å². The maximum absolute atomic E-state index is 13.5. The number of aryl methyl sites for hydroxylation is 1. The summed E-state index contributed by atoms with van der Waals surface area (Å²) in [6, 6.07) is 8.93. The van der Waals surface area contributed by atoms with Crippen LogP contribution in [0, 0.1) is 6.92 Å². The molecule has 0 saturated carbocycles. The predicted octanol–water partition coefficient (Wildman–Crippen LogP) is 0.884. The minimum Gasteiger partial charge on any atom is -0.348 e. The molecule has 142 valence electrons. The predicted molar refractivity (Wildman–Crippen MR) is 99.7 cm³/mol. The van der Waals surface area contributed by atoms with E-state index >= 15 is 0 Å². The van der Waals surface area contributed by atoms with Crippen LogP contribution < -0.4 is 0 Å². The van der Waals surface area contributed by atoms with Gasteiger partial charge in [0.2, 0.25) is 0 Å². The molecular weight excluding hydrogens is 344 g/mol. The lowest BCUT2D eigenvalue weighted by Crippen LogP contribution is -2.41. The van der Waals surface area contributed by atoms with E-state index in [1.165, 1.54) is 11.0 Å². The van der Waals surface area contributed by atoms with Gasteiger partial charge in [-0.15, -0.1) is 5.10 Å². The number of nitrogens with zero attached hydrogens (tertiary/aromatic N) is 7. The van der Waals surface area contributed by atoms with Crippen molar-refractivity contribution in [2.24, 2.45) is 0 Å². The SMILES string of the molecule is Cc1[nH]cnc1CN(CCN(C)C)C(=O)C(c1ccccc1)n1cnnn1. The van der Waals surface area contributed by atoms with Crippen molar-refractivity contribution < 1.29 is 4.79 Å². The van der Waals surface area contributed by atoms with Gasteiger partial charge in [-0.25, -0.2) is 9.67 Å². The van der Waals surface area contributed by atoms with E-state index in [1.54, 1.807) is 6.33 Å². The molecule has 9 heteroatoms. The average molecular weight is 368 g/mol. The van der Waals surface area contributed by atoms with Crippen molar-refractivity contribution in [3.05, 3.63) is 59.9 Å². The van der Waals surface area contributed by atoms with E-state index in [0.29, 0.717) is 13.1 Å². The summed E-state index contributed by atoms with van der Waals surface area (Å²) in [6.07, 6.45) is 3.12. The average Bonchev–Trinajstić information content (AvgIpc) is 3.32. The number of aromatic nitrogens is 6. The van der Waals surface area contributed by atoms with Gasteiger partial charge in [0.15, 0.2) is 6.04 Å². The second-order valence-corrected chi connectivity index (χ2v) is 6.64. The van der Waals surface area contributed by atoms with Gasteiger partial charge in [0, 0.05) is 18.8 Å². The number of imidazole rings is 1. The van der Waals surface area contributed by atoms with Crippen LogP contribution in [-0.2, 0) is 11.3 Å². The van der Waals surface area contributed by atoms with Crippen LogP contribution in [0.2, 0.25) is 0 Å². The van der Waals surface area contributed by atoms with Crippen molar-refractivity contribution in [3.8, 4) is 0 Å². The maximum atomic E-state index is 13.5. The molecule has 0 fully saturated rings. The van der Waals surface area contributed by atoms with E-state index in [1.807, 2.05) is 61.2 Å². The Morgan fingerprint density at radius 3 is 2.59 bits per heavy atom.